The maximum absolute atomic E-state index is 12.5. The molecule has 3 aromatic rings. The second-order valence-corrected chi connectivity index (χ2v) is 9.50. The number of carbonyl (C=O) groups excluding carboxylic acids is 1. The number of ether oxygens (including phenoxy) is 2. The van der Waals surface area contributed by atoms with Crippen molar-refractivity contribution in [3.63, 3.8) is 0 Å². The van der Waals surface area contributed by atoms with Crippen molar-refractivity contribution in [2.24, 2.45) is 0 Å². The third-order valence-corrected chi connectivity index (χ3v) is 6.85. The van der Waals surface area contributed by atoms with Gasteiger partial charge in [-0.1, -0.05) is 6.07 Å². The molecule has 3 rings (SSSR count). The Bertz CT molecular complexity index is 984. The Morgan fingerprint density at radius 3 is 2.62 bits per heavy atom. The van der Waals surface area contributed by atoms with Crippen LogP contribution in [-0.2, 0) is 11.2 Å². The van der Waals surface area contributed by atoms with Crippen molar-refractivity contribution < 1.29 is 14.3 Å². The Balaban J connectivity index is 1.62. The second kappa shape index (κ2) is 9.73. The SMILES string of the molecule is COc1cc(C(C)NC(=O)Cc2csc(-c3cc(Br)cs3)n2)ccc1OC(C)C. The minimum absolute atomic E-state index is 0.0603. The maximum Gasteiger partial charge on any atom is 0.226 e. The molecule has 0 saturated heterocycles. The van der Waals surface area contributed by atoms with Gasteiger partial charge in [0.15, 0.2) is 11.5 Å². The number of halogens is 1. The van der Waals surface area contributed by atoms with Gasteiger partial charge in [0.1, 0.15) is 5.01 Å². The highest BCUT2D eigenvalue weighted by molar-refractivity contribution is 9.10. The van der Waals surface area contributed by atoms with Gasteiger partial charge in [0.2, 0.25) is 5.91 Å². The first-order valence-electron chi connectivity index (χ1n) is 9.18. The lowest BCUT2D eigenvalue weighted by atomic mass is 10.1. The van der Waals surface area contributed by atoms with Crippen LogP contribution in [0.4, 0.5) is 0 Å². The van der Waals surface area contributed by atoms with E-state index in [9.17, 15) is 4.79 Å². The Hall–Kier alpha value is -1.90. The Morgan fingerprint density at radius 2 is 1.97 bits per heavy atom. The van der Waals surface area contributed by atoms with Crippen LogP contribution in [0, 0.1) is 0 Å². The standard InChI is InChI=1S/C21H23BrN2O3S2/c1-12(2)27-17-6-5-14(7-18(17)26-4)13(3)23-20(25)9-16-11-29-21(24-16)19-8-15(22)10-28-19/h5-8,10-13H,9H2,1-4H3,(H,23,25). The molecule has 0 aliphatic rings. The van der Waals surface area contributed by atoms with Crippen molar-refractivity contribution in [3.8, 4) is 21.4 Å². The van der Waals surface area contributed by atoms with Crippen molar-refractivity contribution in [3.05, 3.63) is 50.8 Å². The zero-order chi connectivity index (χ0) is 21.0. The fourth-order valence-corrected chi connectivity index (χ4v) is 5.10. The minimum atomic E-state index is -0.157. The van der Waals surface area contributed by atoms with Crippen LogP contribution in [0.1, 0.15) is 38.1 Å². The summed E-state index contributed by atoms with van der Waals surface area (Å²) in [7, 11) is 1.61. The molecule has 1 atom stereocenters. The molecule has 0 saturated carbocycles. The largest absolute Gasteiger partial charge is 0.493 e. The Morgan fingerprint density at radius 1 is 1.17 bits per heavy atom. The van der Waals surface area contributed by atoms with Gasteiger partial charge in [0.05, 0.1) is 36.2 Å². The monoisotopic (exact) mass is 494 g/mol. The number of rotatable bonds is 8. The first-order chi connectivity index (χ1) is 13.9. The van der Waals surface area contributed by atoms with E-state index in [4.69, 9.17) is 9.47 Å². The van der Waals surface area contributed by atoms with Gasteiger partial charge in [0, 0.05) is 15.2 Å². The van der Waals surface area contributed by atoms with Crippen molar-refractivity contribution in [2.45, 2.75) is 39.3 Å². The highest BCUT2D eigenvalue weighted by atomic mass is 79.9. The van der Waals surface area contributed by atoms with Crippen LogP contribution < -0.4 is 14.8 Å². The molecule has 1 aromatic carbocycles. The summed E-state index contributed by atoms with van der Waals surface area (Å²) in [6.45, 7) is 5.89. The quantitative estimate of drug-likeness (QED) is 0.426. The molecule has 8 heteroatoms. The number of amides is 1. The van der Waals surface area contributed by atoms with E-state index in [1.807, 2.05) is 55.8 Å². The Labute approximate surface area is 187 Å². The van der Waals surface area contributed by atoms with Gasteiger partial charge in [-0.15, -0.1) is 22.7 Å². The highest BCUT2D eigenvalue weighted by Gasteiger charge is 2.15. The molecular formula is C21H23BrN2O3S2. The molecule has 1 N–H and O–H groups in total. The molecule has 0 fully saturated rings. The van der Waals surface area contributed by atoms with Gasteiger partial charge < -0.3 is 14.8 Å². The topological polar surface area (TPSA) is 60.5 Å². The number of thiazole rings is 1. The summed E-state index contributed by atoms with van der Waals surface area (Å²) in [6.07, 6.45) is 0.309. The summed E-state index contributed by atoms with van der Waals surface area (Å²) < 4.78 is 12.2. The number of methoxy groups -OCH3 is 1. The van der Waals surface area contributed by atoms with Crippen LogP contribution in [0.15, 0.2) is 39.5 Å². The third-order valence-electron chi connectivity index (χ3n) is 4.10. The highest BCUT2D eigenvalue weighted by Crippen LogP contribution is 2.33. The predicted octanol–water partition coefficient (Wildman–Crippen LogP) is 5.85. The molecule has 0 bridgehead atoms. The first-order valence-corrected chi connectivity index (χ1v) is 11.7. The first kappa shape index (κ1) is 21.8. The summed E-state index contributed by atoms with van der Waals surface area (Å²) in [5.41, 5.74) is 1.73. The van der Waals surface area contributed by atoms with E-state index in [1.165, 1.54) is 0 Å². The van der Waals surface area contributed by atoms with Crippen LogP contribution in [0.3, 0.4) is 0 Å². The molecule has 2 aromatic heterocycles. The number of nitrogens with one attached hydrogen (secondary N) is 1. The average molecular weight is 495 g/mol. The Kier molecular flexibility index (Phi) is 7.32. The molecule has 5 nitrogen and oxygen atoms in total. The number of benzene rings is 1. The molecule has 0 aliphatic carbocycles. The molecule has 1 unspecified atom stereocenters. The normalized spacial score (nSPS) is 12.1. The molecule has 154 valence electrons. The number of hydrogen-bond donors (Lipinski definition) is 1. The van der Waals surface area contributed by atoms with E-state index >= 15 is 0 Å². The summed E-state index contributed by atoms with van der Waals surface area (Å²) in [5.74, 6) is 1.28. The third kappa shape index (κ3) is 5.81. The van der Waals surface area contributed by atoms with Gasteiger partial charge in [-0.3, -0.25) is 4.79 Å². The van der Waals surface area contributed by atoms with Gasteiger partial charge in [0.25, 0.3) is 0 Å². The summed E-state index contributed by atoms with van der Waals surface area (Å²) in [5, 5.41) is 7.93. The van der Waals surface area contributed by atoms with E-state index in [0.717, 1.165) is 25.6 Å². The van der Waals surface area contributed by atoms with Crippen molar-refractivity contribution in [1.82, 2.24) is 10.3 Å². The molecule has 0 spiro atoms. The lowest BCUT2D eigenvalue weighted by Gasteiger charge is -2.18. The van der Waals surface area contributed by atoms with E-state index in [2.05, 4.69) is 26.2 Å². The van der Waals surface area contributed by atoms with Gasteiger partial charge in [-0.25, -0.2) is 4.98 Å². The molecule has 1 amide bonds. The molecule has 0 aliphatic heterocycles. The smallest absolute Gasteiger partial charge is 0.226 e. The second-order valence-electron chi connectivity index (χ2n) is 6.82. The number of hydrogen-bond acceptors (Lipinski definition) is 6. The lowest BCUT2D eigenvalue weighted by Crippen LogP contribution is -2.28. The zero-order valence-electron chi connectivity index (χ0n) is 16.7. The van der Waals surface area contributed by atoms with E-state index in [-0.39, 0.29) is 24.5 Å². The van der Waals surface area contributed by atoms with E-state index < -0.39 is 0 Å². The van der Waals surface area contributed by atoms with Gasteiger partial charge in [-0.05, 0) is 60.5 Å². The summed E-state index contributed by atoms with van der Waals surface area (Å²) in [6, 6.07) is 7.60. The zero-order valence-corrected chi connectivity index (χ0v) is 19.9. The van der Waals surface area contributed by atoms with Crippen molar-refractivity contribution in [1.29, 1.82) is 0 Å². The molecule has 29 heavy (non-hydrogen) atoms. The fourth-order valence-electron chi connectivity index (χ4n) is 2.77. The predicted molar refractivity (Wildman–Crippen MR) is 122 cm³/mol. The minimum Gasteiger partial charge on any atom is -0.493 e. The number of carbonyl (C=O) groups is 1. The van der Waals surface area contributed by atoms with E-state index in [1.54, 1.807) is 29.8 Å². The lowest BCUT2D eigenvalue weighted by molar-refractivity contribution is -0.121. The summed E-state index contributed by atoms with van der Waals surface area (Å²) in [4.78, 5) is 18.2. The molecular weight excluding hydrogens is 472 g/mol. The van der Waals surface area contributed by atoms with Crippen LogP contribution in [0.2, 0.25) is 0 Å². The van der Waals surface area contributed by atoms with E-state index in [0.29, 0.717) is 11.5 Å². The number of nitrogens with zero attached hydrogens (tertiary/aromatic N) is 1. The van der Waals surface area contributed by atoms with Crippen LogP contribution >= 0.6 is 38.6 Å². The number of thiophene rings is 1. The van der Waals surface area contributed by atoms with Crippen molar-refractivity contribution in [2.75, 3.05) is 7.11 Å². The average Bonchev–Trinajstić information content (AvgIpc) is 3.30. The fraction of sp³-hybridized carbons (Fsp3) is 0.333. The maximum atomic E-state index is 12.5. The van der Waals surface area contributed by atoms with Crippen LogP contribution in [0.5, 0.6) is 11.5 Å². The van der Waals surface area contributed by atoms with Gasteiger partial charge >= 0.3 is 0 Å². The summed E-state index contributed by atoms with van der Waals surface area (Å²) >= 11 is 6.64. The van der Waals surface area contributed by atoms with Gasteiger partial charge in [-0.2, -0.15) is 0 Å². The number of aromatic nitrogens is 1. The molecule has 0 radical (unpaired) electrons. The van der Waals surface area contributed by atoms with Crippen molar-refractivity contribution >= 4 is 44.5 Å². The van der Waals surface area contributed by atoms with Crippen LogP contribution in [0.25, 0.3) is 9.88 Å². The molecule has 2 heterocycles. The van der Waals surface area contributed by atoms with Crippen LogP contribution in [-0.4, -0.2) is 24.1 Å².